The van der Waals surface area contributed by atoms with Crippen molar-refractivity contribution in [2.24, 2.45) is 5.73 Å². The summed E-state index contributed by atoms with van der Waals surface area (Å²) in [5.74, 6) is 0.624. The Hall–Kier alpha value is -0.340. The minimum absolute atomic E-state index is 0.198. The smallest absolute Gasteiger partial charge is 0.0175 e. The van der Waals surface area contributed by atoms with Crippen molar-refractivity contribution in [3.8, 4) is 0 Å². The molecule has 0 bridgehead atoms. The van der Waals surface area contributed by atoms with E-state index in [0.29, 0.717) is 5.92 Å². The van der Waals surface area contributed by atoms with E-state index in [2.05, 4.69) is 47.1 Å². The highest BCUT2D eigenvalue weighted by Gasteiger charge is 2.37. The van der Waals surface area contributed by atoms with Crippen molar-refractivity contribution in [3.05, 3.63) is 34.3 Å². The summed E-state index contributed by atoms with van der Waals surface area (Å²) in [5.41, 5.74) is 7.71. The van der Waals surface area contributed by atoms with Crippen LogP contribution in [-0.2, 0) is 0 Å². The van der Waals surface area contributed by atoms with Crippen LogP contribution in [0.25, 0.3) is 0 Å². The summed E-state index contributed by atoms with van der Waals surface area (Å²) in [6.07, 6.45) is 4.82. The number of rotatable bonds is 4. The minimum atomic E-state index is 0.198. The van der Waals surface area contributed by atoms with Gasteiger partial charge >= 0.3 is 0 Å². The fourth-order valence-corrected chi connectivity index (χ4v) is 2.14. The monoisotopic (exact) mass is 267 g/mol. The molecule has 1 unspecified atom stereocenters. The van der Waals surface area contributed by atoms with Crippen molar-refractivity contribution >= 4 is 15.9 Å². The van der Waals surface area contributed by atoms with Crippen LogP contribution in [-0.4, -0.2) is 5.54 Å². The lowest BCUT2D eigenvalue weighted by Crippen LogP contribution is -2.21. The van der Waals surface area contributed by atoms with Gasteiger partial charge < -0.3 is 5.73 Å². The molecule has 1 aliphatic rings. The van der Waals surface area contributed by atoms with Gasteiger partial charge in [0.1, 0.15) is 0 Å². The standard InChI is InChI=1S/C13H18BrN/c1-10(6-7-13(15)8-9-13)11-2-4-12(14)5-3-11/h2-5,10H,6-9,15H2,1H3. The van der Waals surface area contributed by atoms with Crippen molar-refractivity contribution in [3.63, 3.8) is 0 Å². The largest absolute Gasteiger partial charge is 0.325 e. The fraction of sp³-hybridized carbons (Fsp3) is 0.538. The second-order valence-electron chi connectivity index (χ2n) is 4.85. The van der Waals surface area contributed by atoms with E-state index in [1.165, 1.54) is 31.2 Å². The number of nitrogens with two attached hydrogens (primary N) is 1. The van der Waals surface area contributed by atoms with Gasteiger partial charge in [-0.05, 0) is 49.3 Å². The summed E-state index contributed by atoms with van der Waals surface area (Å²) in [6, 6.07) is 8.62. The van der Waals surface area contributed by atoms with Gasteiger partial charge in [-0.25, -0.2) is 0 Å². The Labute approximate surface area is 100 Å². The van der Waals surface area contributed by atoms with E-state index in [4.69, 9.17) is 5.73 Å². The maximum atomic E-state index is 6.09. The van der Waals surface area contributed by atoms with Gasteiger partial charge in [0.2, 0.25) is 0 Å². The average Bonchev–Trinajstić information content (AvgIpc) is 2.95. The first kappa shape index (κ1) is 11.2. The van der Waals surface area contributed by atoms with E-state index in [9.17, 15) is 0 Å². The zero-order chi connectivity index (χ0) is 10.9. The first-order chi connectivity index (χ1) is 7.09. The molecule has 1 nitrogen and oxygen atoms in total. The molecule has 1 fully saturated rings. The van der Waals surface area contributed by atoms with Crippen molar-refractivity contribution in [1.82, 2.24) is 0 Å². The topological polar surface area (TPSA) is 26.0 Å². The van der Waals surface area contributed by atoms with Crippen molar-refractivity contribution in [2.75, 3.05) is 0 Å². The lowest BCUT2D eigenvalue weighted by atomic mass is 9.94. The van der Waals surface area contributed by atoms with Crippen LogP contribution >= 0.6 is 15.9 Å². The fourth-order valence-electron chi connectivity index (χ4n) is 1.87. The second kappa shape index (κ2) is 4.26. The number of hydrogen-bond donors (Lipinski definition) is 1. The van der Waals surface area contributed by atoms with Gasteiger partial charge in [-0.1, -0.05) is 35.0 Å². The quantitative estimate of drug-likeness (QED) is 0.882. The van der Waals surface area contributed by atoms with Gasteiger partial charge in [0.15, 0.2) is 0 Å². The summed E-state index contributed by atoms with van der Waals surface area (Å²) in [7, 11) is 0. The molecule has 2 rings (SSSR count). The molecule has 2 heteroatoms. The maximum Gasteiger partial charge on any atom is 0.0175 e. The Morgan fingerprint density at radius 2 is 1.93 bits per heavy atom. The third-order valence-corrected chi connectivity index (χ3v) is 3.94. The Bertz CT molecular complexity index is 327. The molecule has 0 saturated heterocycles. The molecule has 82 valence electrons. The lowest BCUT2D eigenvalue weighted by molar-refractivity contribution is 0.533. The molecule has 1 aromatic carbocycles. The molecule has 2 N–H and O–H groups in total. The summed E-state index contributed by atoms with van der Waals surface area (Å²) >= 11 is 3.46. The van der Waals surface area contributed by atoms with E-state index in [1.54, 1.807) is 0 Å². The molecular weight excluding hydrogens is 250 g/mol. The highest BCUT2D eigenvalue weighted by molar-refractivity contribution is 9.10. The third-order valence-electron chi connectivity index (χ3n) is 3.41. The Morgan fingerprint density at radius 3 is 2.47 bits per heavy atom. The number of halogens is 1. The first-order valence-electron chi connectivity index (χ1n) is 5.63. The van der Waals surface area contributed by atoms with Gasteiger partial charge in [-0.2, -0.15) is 0 Å². The molecule has 1 saturated carbocycles. The Balaban J connectivity index is 1.89. The van der Waals surface area contributed by atoms with Gasteiger partial charge in [0, 0.05) is 10.0 Å². The maximum absolute atomic E-state index is 6.09. The van der Waals surface area contributed by atoms with Crippen molar-refractivity contribution in [2.45, 2.75) is 44.1 Å². The van der Waals surface area contributed by atoms with Crippen LogP contribution in [0.15, 0.2) is 28.7 Å². The molecule has 0 spiro atoms. The van der Waals surface area contributed by atoms with Crippen molar-refractivity contribution < 1.29 is 0 Å². The van der Waals surface area contributed by atoms with E-state index in [1.807, 2.05) is 0 Å². The highest BCUT2D eigenvalue weighted by Crippen LogP contribution is 2.38. The van der Waals surface area contributed by atoms with Crippen LogP contribution < -0.4 is 5.73 Å². The predicted octanol–water partition coefficient (Wildman–Crippen LogP) is 3.82. The van der Waals surface area contributed by atoms with Crippen LogP contribution in [0.2, 0.25) is 0 Å². The zero-order valence-corrected chi connectivity index (χ0v) is 10.8. The van der Waals surface area contributed by atoms with Crippen LogP contribution in [0.3, 0.4) is 0 Å². The molecule has 0 radical (unpaired) electrons. The van der Waals surface area contributed by atoms with Crippen molar-refractivity contribution in [1.29, 1.82) is 0 Å². The van der Waals surface area contributed by atoms with Crippen LogP contribution in [0, 0.1) is 0 Å². The highest BCUT2D eigenvalue weighted by atomic mass is 79.9. The average molecular weight is 268 g/mol. The van der Waals surface area contributed by atoms with E-state index < -0.39 is 0 Å². The van der Waals surface area contributed by atoms with Gasteiger partial charge in [-0.15, -0.1) is 0 Å². The molecule has 15 heavy (non-hydrogen) atoms. The minimum Gasteiger partial charge on any atom is -0.325 e. The molecule has 0 aromatic heterocycles. The zero-order valence-electron chi connectivity index (χ0n) is 9.17. The lowest BCUT2D eigenvalue weighted by Gasteiger charge is -2.14. The normalized spacial score (nSPS) is 19.9. The molecule has 1 aliphatic carbocycles. The Morgan fingerprint density at radius 1 is 1.33 bits per heavy atom. The molecule has 1 aromatic rings. The number of benzene rings is 1. The molecule has 0 heterocycles. The van der Waals surface area contributed by atoms with Crippen LogP contribution in [0.5, 0.6) is 0 Å². The summed E-state index contributed by atoms with van der Waals surface area (Å²) < 4.78 is 1.15. The van der Waals surface area contributed by atoms with Gasteiger partial charge in [0.25, 0.3) is 0 Å². The molecular formula is C13H18BrN. The van der Waals surface area contributed by atoms with Crippen LogP contribution in [0.4, 0.5) is 0 Å². The van der Waals surface area contributed by atoms with Gasteiger partial charge in [-0.3, -0.25) is 0 Å². The Kier molecular flexibility index (Phi) is 3.17. The van der Waals surface area contributed by atoms with Gasteiger partial charge in [0.05, 0.1) is 0 Å². The SMILES string of the molecule is CC(CCC1(N)CC1)c1ccc(Br)cc1. The van der Waals surface area contributed by atoms with Crippen LogP contribution in [0.1, 0.15) is 44.1 Å². The van der Waals surface area contributed by atoms with E-state index >= 15 is 0 Å². The summed E-state index contributed by atoms with van der Waals surface area (Å²) in [6.45, 7) is 2.29. The molecule has 0 aliphatic heterocycles. The van der Waals surface area contributed by atoms with E-state index in [-0.39, 0.29) is 5.54 Å². The summed E-state index contributed by atoms with van der Waals surface area (Å²) in [5, 5.41) is 0. The third kappa shape index (κ3) is 3.05. The molecule has 1 atom stereocenters. The summed E-state index contributed by atoms with van der Waals surface area (Å²) in [4.78, 5) is 0. The van der Waals surface area contributed by atoms with E-state index in [0.717, 1.165) is 4.47 Å². The number of hydrogen-bond acceptors (Lipinski definition) is 1. The predicted molar refractivity (Wildman–Crippen MR) is 67.9 cm³/mol. The second-order valence-corrected chi connectivity index (χ2v) is 5.77. The first-order valence-corrected chi connectivity index (χ1v) is 6.43. The molecule has 0 amide bonds.